The number of hydrogen-bond acceptors (Lipinski definition) is 1. The average Bonchev–Trinajstić information content (AvgIpc) is 3.32. The molecule has 0 aromatic heterocycles. The number of hydrogen-bond donors (Lipinski definition) is 1. The molecule has 0 radical (unpaired) electrons. The maximum atomic E-state index is 9.54. The number of benzene rings is 2. The van der Waals surface area contributed by atoms with Gasteiger partial charge in [-0.25, -0.2) is 0 Å². The van der Waals surface area contributed by atoms with Crippen LogP contribution in [-0.4, -0.2) is 5.11 Å². The lowest BCUT2D eigenvalue weighted by atomic mass is 9.95. The van der Waals surface area contributed by atoms with Gasteiger partial charge in [0.2, 0.25) is 0 Å². The van der Waals surface area contributed by atoms with Crippen LogP contribution in [0.4, 0.5) is 0 Å². The summed E-state index contributed by atoms with van der Waals surface area (Å²) in [5.74, 6) is 0.989. The predicted molar refractivity (Wildman–Crippen MR) is 88.2 cm³/mol. The second-order valence-electron chi connectivity index (χ2n) is 6.34. The van der Waals surface area contributed by atoms with E-state index in [1.54, 1.807) is 0 Å². The fourth-order valence-corrected chi connectivity index (χ4v) is 2.93. The Hall–Kier alpha value is -1.60. The normalized spacial score (nSPS) is 14.4. The van der Waals surface area contributed by atoms with Crippen molar-refractivity contribution in [2.45, 2.75) is 45.6 Å². The van der Waals surface area contributed by atoms with Crippen molar-refractivity contribution in [3.63, 3.8) is 0 Å². The van der Waals surface area contributed by atoms with E-state index in [0.717, 1.165) is 17.9 Å². The molecule has 0 bridgehead atoms. The third-order valence-corrected chi connectivity index (χ3v) is 4.52. The molecular formula is C20H24O. The van der Waals surface area contributed by atoms with Crippen LogP contribution in [0, 0.1) is 12.8 Å². The van der Waals surface area contributed by atoms with Gasteiger partial charge in [-0.05, 0) is 47.9 Å². The van der Waals surface area contributed by atoms with Crippen molar-refractivity contribution < 1.29 is 5.11 Å². The van der Waals surface area contributed by atoms with Crippen molar-refractivity contribution in [1.82, 2.24) is 0 Å². The molecule has 1 heteroatoms. The molecule has 1 nitrogen and oxygen atoms in total. The third kappa shape index (κ3) is 3.74. The number of aliphatic hydroxyl groups excluding tert-OH is 1. The van der Waals surface area contributed by atoms with E-state index in [2.05, 4.69) is 49.4 Å². The van der Waals surface area contributed by atoms with E-state index in [9.17, 15) is 5.11 Å². The molecule has 0 aliphatic heterocycles. The lowest BCUT2D eigenvalue weighted by Gasteiger charge is -2.11. The SMILES string of the molecule is Cc1ccc(-c2ccc(CO)c(CCCC3CC3)c2)cc1. The highest BCUT2D eigenvalue weighted by atomic mass is 16.3. The molecule has 1 aliphatic carbocycles. The molecule has 0 heterocycles. The molecule has 110 valence electrons. The Balaban J connectivity index is 1.79. The number of rotatable bonds is 6. The van der Waals surface area contributed by atoms with E-state index < -0.39 is 0 Å². The standard InChI is InChI=1S/C20H24O/c1-15-5-9-17(10-6-15)19-11-12-20(14-21)18(13-19)4-2-3-16-7-8-16/h5-6,9-13,16,21H,2-4,7-8,14H2,1H3. The molecule has 0 unspecified atom stereocenters. The van der Waals surface area contributed by atoms with E-state index >= 15 is 0 Å². The highest BCUT2D eigenvalue weighted by Crippen LogP contribution is 2.34. The molecule has 2 aromatic rings. The van der Waals surface area contributed by atoms with Crippen molar-refractivity contribution in [2.75, 3.05) is 0 Å². The van der Waals surface area contributed by atoms with E-state index in [4.69, 9.17) is 0 Å². The molecule has 1 N–H and O–H groups in total. The zero-order valence-electron chi connectivity index (χ0n) is 12.8. The van der Waals surface area contributed by atoms with Crippen molar-refractivity contribution in [3.05, 3.63) is 59.2 Å². The van der Waals surface area contributed by atoms with Gasteiger partial charge in [-0.15, -0.1) is 0 Å². The molecule has 1 fully saturated rings. The molecular weight excluding hydrogens is 256 g/mol. The van der Waals surface area contributed by atoms with Gasteiger partial charge in [0.15, 0.2) is 0 Å². The Morgan fingerprint density at radius 1 is 0.952 bits per heavy atom. The van der Waals surface area contributed by atoms with E-state index in [0.29, 0.717) is 0 Å². The monoisotopic (exact) mass is 280 g/mol. The van der Waals surface area contributed by atoms with Gasteiger partial charge in [0.05, 0.1) is 6.61 Å². The topological polar surface area (TPSA) is 20.2 Å². The summed E-state index contributed by atoms with van der Waals surface area (Å²) in [6.07, 6.45) is 6.53. The van der Waals surface area contributed by atoms with Gasteiger partial charge in [-0.2, -0.15) is 0 Å². The van der Waals surface area contributed by atoms with E-state index in [1.807, 2.05) is 0 Å². The summed E-state index contributed by atoms with van der Waals surface area (Å²) in [5, 5.41) is 9.54. The first-order valence-electron chi connectivity index (χ1n) is 8.06. The Morgan fingerprint density at radius 3 is 2.33 bits per heavy atom. The summed E-state index contributed by atoms with van der Waals surface area (Å²) in [6.45, 7) is 2.26. The summed E-state index contributed by atoms with van der Waals surface area (Å²) < 4.78 is 0. The predicted octanol–water partition coefficient (Wildman–Crippen LogP) is 4.89. The Kier molecular flexibility index (Phi) is 4.40. The quantitative estimate of drug-likeness (QED) is 0.799. The van der Waals surface area contributed by atoms with Crippen LogP contribution in [0.2, 0.25) is 0 Å². The van der Waals surface area contributed by atoms with Crippen LogP contribution in [0.25, 0.3) is 11.1 Å². The summed E-state index contributed by atoms with van der Waals surface area (Å²) in [7, 11) is 0. The van der Waals surface area contributed by atoms with Crippen molar-refractivity contribution in [3.8, 4) is 11.1 Å². The number of aliphatic hydroxyl groups is 1. The molecule has 0 saturated heterocycles. The maximum absolute atomic E-state index is 9.54. The highest BCUT2D eigenvalue weighted by Gasteiger charge is 2.20. The minimum absolute atomic E-state index is 0.146. The van der Waals surface area contributed by atoms with E-state index in [1.165, 1.54) is 47.9 Å². The average molecular weight is 280 g/mol. The van der Waals surface area contributed by atoms with Crippen LogP contribution in [0.3, 0.4) is 0 Å². The molecule has 0 spiro atoms. The summed E-state index contributed by atoms with van der Waals surface area (Å²) in [5.41, 5.74) is 6.20. The lowest BCUT2D eigenvalue weighted by molar-refractivity contribution is 0.280. The van der Waals surface area contributed by atoms with Crippen molar-refractivity contribution >= 4 is 0 Å². The van der Waals surface area contributed by atoms with Gasteiger partial charge in [-0.1, -0.05) is 67.3 Å². The second-order valence-corrected chi connectivity index (χ2v) is 6.34. The smallest absolute Gasteiger partial charge is 0.0684 e. The molecule has 2 aromatic carbocycles. The first-order valence-corrected chi connectivity index (χ1v) is 8.06. The lowest BCUT2D eigenvalue weighted by Crippen LogP contribution is -1.96. The first-order chi connectivity index (χ1) is 10.3. The third-order valence-electron chi connectivity index (χ3n) is 4.52. The molecule has 0 amide bonds. The second kappa shape index (κ2) is 6.44. The van der Waals surface area contributed by atoms with Crippen LogP contribution >= 0.6 is 0 Å². The Bertz CT molecular complexity index is 594. The van der Waals surface area contributed by atoms with Crippen molar-refractivity contribution in [2.24, 2.45) is 5.92 Å². The zero-order valence-corrected chi connectivity index (χ0v) is 12.8. The molecule has 1 saturated carbocycles. The fourth-order valence-electron chi connectivity index (χ4n) is 2.93. The minimum Gasteiger partial charge on any atom is -0.392 e. The molecule has 0 atom stereocenters. The fraction of sp³-hybridized carbons (Fsp3) is 0.400. The highest BCUT2D eigenvalue weighted by molar-refractivity contribution is 5.65. The first kappa shape index (κ1) is 14.3. The van der Waals surface area contributed by atoms with Gasteiger partial charge in [0.1, 0.15) is 0 Å². The van der Waals surface area contributed by atoms with Crippen LogP contribution in [0.15, 0.2) is 42.5 Å². The van der Waals surface area contributed by atoms with Crippen LogP contribution in [0.5, 0.6) is 0 Å². The van der Waals surface area contributed by atoms with Crippen LogP contribution in [-0.2, 0) is 13.0 Å². The van der Waals surface area contributed by atoms with Gasteiger partial charge in [0, 0.05) is 0 Å². The molecule has 1 aliphatic rings. The van der Waals surface area contributed by atoms with Crippen molar-refractivity contribution in [1.29, 1.82) is 0 Å². The molecule has 3 rings (SSSR count). The minimum atomic E-state index is 0.146. The summed E-state index contributed by atoms with van der Waals surface area (Å²) in [4.78, 5) is 0. The zero-order chi connectivity index (χ0) is 14.7. The maximum Gasteiger partial charge on any atom is 0.0684 e. The summed E-state index contributed by atoms with van der Waals surface area (Å²) in [6, 6.07) is 15.1. The Labute approximate surface area is 127 Å². The van der Waals surface area contributed by atoms with Gasteiger partial charge >= 0.3 is 0 Å². The van der Waals surface area contributed by atoms with Gasteiger partial charge in [-0.3, -0.25) is 0 Å². The van der Waals surface area contributed by atoms with Crippen LogP contribution < -0.4 is 0 Å². The van der Waals surface area contributed by atoms with Crippen LogP contribution in [0.1, 0.15) is 42.4 Å². The van der Waals surface area contributed by atoms with Gasteiger partial charge in [0.25, 0.3) is 0 Å². The summed E-state index contributed by atoms with van der Waals surface area (Å²) >= 11 is 0. The van der Waals surface area contributed by atoms with Gasteiger partial charge < -0.3 is 5.11 Å². The Morgan fingerprint density at radius 2 is 1.67 bits per heavy atom. The number of aryl methyl sites for hydroxylation is 2. The largest absolute Gasteiger partial charge is 0.392 e. The molecule has 21 heavy (non-hydrogen) atoms. The van der Waals surface area contributed by atoms with E-state index in [-0.39, 0.29) is 6.61 Å².